The molecule has 0 aromatic carbocycles. The van der Waals surface area contributed by atoms with Crippen molar-refractivity contribution in [2.45, 2.75) is 13.8 Å². The molecule has 3 aromatic rings. The van der Waals surface area contributed by atoms with Crippen LogP contribution in [0.25, 0.3) is 22.6 Å². The molecule has 0 unspecified atom stereocenters. The number of imidazole rings is 1. The molecule has 3 heterocycles. The van der Waals surface area contributed by atoms with Crippen LogP contribution in [0.5, 0.6) is 0 Å². The van der Waals surface area contributed by atoms with Crippen LogP contribution in [0.1, 0.15) is 11.5 Å². The minimum atomic E-state index is 0.732. The number of H-pyrrole nitrogens is 1. The molecule has 0 aliphatic heterocycles. The van der Waals surface area contributed by atoms with Gasteiger partial charge >= 0.3 is 0 Å². The first-order valence-electron chi connectivity index (χ1n) is 5.12. The average Bonchev–Trinajstić information content (AvgIpc) is 2.81. The standard InChI is InChI=1S/C12H11N3O/c1-7-6-9(8(2)16-7)11-14-10-4-3-5-13-12(10)15-11/h3-6H,1-2H3,(H,13,14,15). The third-order valence-electron chi connectivity index (χ3n) is 2.55. The molecule has 0 spiro atoms. The number of aromatic nitrogens is 3. The molecule has 0 aliphatic rings. The van der Waals surface area contributed by atoms with Crippen LogP contribution in [0, 0.1) is 13.8 Å². The molecule has 0 fully saturated rings. The molecule has 1 N–H and O–H groups in total. The van der Waals surface area contributed by atoms with E-state index in [9.17, 15) is 0 Å². The number of aryl methyl sites for hydroxylation is 2. The summed E-state index contributed by atoms with van der Waals surface area (Å²) in [4.78, 5) is 11.9. The number of fused-ring (bicyclic) bond motifs is 1. The number of hydrogen-bond donors (Lipinski definition) is 1. The Morgan fingerprint density at radius 2 is 2.19 bits per heavy atom. The van der Waals surface area contributed by atoms with Gasteiger partial charge in [0.25, 0.3) is 0 Å². The lowest BCUT2D eigenvalue weighted by Gasteiger charge is -1.90. The topological polar surface area (TPSA) is 54.7 Å². The molecular formula is C12H11N3O. The van der Waals surface area contributed by atoms with E-state index in [2.05, 4.69) is 15.0 Å². The van der Waals surface area contributed by atoms with Gasteiger partial charge in [-0.05, 0) is 32.0 Å². The van der Waals surface area contributed by atoms with Gasteiger partial charge in [0, 0.05) is 6.20 Å². The maximum Gasteiger partial charge on any atom is 0.178 e. The quantitative estimate of drug-likeness (QED) is 0.676. The van der Waals surface area contributed by atoms with Gasteiger partial charge in [-0.2, -0.15) is 0 Å². The van der Waals surface area contributed by atoms with E-state index in [1.54, 1.807) is 6.20 Å². The van der Waals surface area contributed by atoms with Gasteiger partial charge in [0.1, 0.15) is 17.3 Å². The summed E-state index contributed by atoms with van der Waals surface area (Å²) in [6, 6.07) is 5.83. The number of hydrogen-bond acceptors (Lipinski definition) is 3. The Labute approximate surface area is 92.3 Å². The molecule has 0 radical (unpaired) electrons. The zero-order valence-corrected chi connectivity index (χ0v) is 9.11. The number of aromatic amines is 1. The molecule has 0 atom stereocenters. The average molecular weight is 213 g/mol. The van der Waals surface area contributed by atoms with E-state index in [0.29, 0.717) is 0 Å². The minimum Gasteiger partial charge on any atom is -0.466 e. The van der Waals surface area contributed by atoms with Gasteiger partial charge in [0.15, 0.2) is 5.65 Å². The summed E-state index contributed by atoms with van der Waals surface area (Å²) in [5, 5.41) is 0. The zero-order valence-electron chi connectivity index (χ0n) is 9.11. The van der Waals surface area contributed by atoms with Crippen molar-refractivity contribution in [3.63, 3.8) is 0 Å². The fraction of sp³-hybridized carbons (Fsp3) is 0.167. The largest absolute Gasteiger partial charge is 0.466 e. The van der Waals surface area contributed by atoms with Crippen LogP contribution in [-0.2, 0) is 0 Å². The van der Waals surface area contributed by atoms with E-state index in [0.717, 1.165) is 34.1 Å². The lowest BCUT2D eigenvalue weighted by Crippen LogP contribution is -1.79. The van der Waals surface area contributed by atoms with Crippen molar-refractivity contribution in [2.24, 2.45) is 0 Å². The Bertz CT molecular complexity index is 618. The van der Waals surface area contributed by atoms with Crippen molar-refractivity contribution < 1.29 is 4.42 Å². The minimum absolute atomic E-state index is 0.732. The van der Waals surface area contributed by atoms with Crippen molar-refractivity contribution in [3.8, 4) is 11.4 Å². The molecule has 0 aliphatic carbocycles. The Balaban J connectivity index is 2.22. The van der Waals surface area contributed by atoms with Gasteiger partial charge in [0.05, 0.1) is 11.1 Å². The normalized spacial score (nSPS) is 11.1. The number of furan rings is 1. The highest BCUT2D eigenvalue weighted by atomic mass is 16.3. The highest BCUT2D eigenvalue weighted by molar-refractivity contribution is 5.76. The molecular weight excluding hydrogens is 202 g/mol. The smallest absolute Gasteiger partial charge is 0.178 e. The molecule has 0 saturated carbocycles. The second-order valence-corrected chi connectivity index (χ2v) is 3.79. The molecule has 80 valence electrons. The van der Waals surface area contributed by atoms with Gasteiger partial charge < -0.3 is 9.40 Å². The van der Waals surface area contributed by atoms with Gasteiger partial charge in [-0.1, -0.05) is 0 Å². The number of nitrogens with zero attached hydrogens (tertiary/aromatic N) is 2. The lowest BCUT2D eigenvalue weighted by atomic mass is 10.2. The number of nitrogens with one attached hydrogen (secondary N) is 1. The van der Waals surface area contributed by atoms with E-state index in [1.165, 1.54) is 0 Å². The summed E-state index contributed by atoms with van der Waals surface area (Å²) in [6.45, 7) is 3.86. The van der Waals surface area contributed by atoms with E-state index >= 15 is 0 Å². The first-order valence-corrected chi connectivity index (χ1v) is 5.12. The first kappa shape index (κ1) is 9.15. The van der Waals surface area contributed by atoms with Gasteiger partial charge in [0.2, 0.25) is 0 Å². The van der Waals surface area contributed by atoms with Crippen molar-refractivity contribution >= 4 is 11.2 Å². The Kier molecular flexibility index (Phi) is 1.83. The van der Waals surface area contributed by atoms with E-state index in [1.807, 2.05) is 32.0 Å². The summed E-state index contributed by atoms with van der Waals surface area (Å²) in [5.41, 5.74) is 2.67. The predicted molar refractivity (Wildman–Crippen MR) is 61.1 cm³/mol. The highest BCUT2D eigenvalue weighted by Gasteiger charge is 2.11. The Hall–Kier alpha value is -2.10. The Morgan fingerprint density at radius 1 is 1.31 bits per heavy atom. The van der Waals surface area contributed by atoms with Crippen LogP contribution < -0.4 is 0 Å². The number of rotatable bonds is 1. The summed E-state index contributed by atoms with van der Waals surface area (Å²) >= 11 is 0. The molecule has 0 saturated heterocycles. The molecule has 4 nitrogen and oxygen atoms in total. The van der Waals surface area contributed by atoms with Crippen LogP contribution in [0.3, 0.4) is 0 Å². The second kappa shape index (κ2) is 3.20. The lowest BCUT2D eigenvalue weighted by molar-refractivity contribution is 0.505. The Morgan fingerprint density at radius 3 is 2.88 bits per heavy atom. The summed E-state index contributed by atoms with van der Waals surface area (Å²) in [5.74, 6) is 2.57. The molecule has 4 heteroatoms. The van der Waals surface area contributed by atoms with E-state index in [4.69, 9.17) is 4.42 Å². The fourth-order valence-electron chi connectivity index (χ4n) is 1.84. The molecule has 3 rings (SSSR count). The van der Waals surface area contributed by atoms with Crippen LogP contribution >= 0.6 is 0 Å². The monoisotopic (exact) mass is 213 g/mol. The summed E-state index contributed by atoms with van der Waals surface area (Å²) < 4.78 is 5.48. The molecule has 0 bridgehead atoms. The van der Waals surface area contributed by atoms with Gasteiger partial charge in [-0.15, -0.1) is 0 Å². The van der Waals surface area contributed by atoms with Crippen molar-refractivity contribution in [1.82, 2.24) is 15.0 Å². The zero-order chi connectivity index (χ0) is 11.1. The first-order chi connectivity index (χ1) is 7.74. The van der Waals surface area contributed by atoms with E-state index < -0.39 is 0 Å². The SMILES string of the molecule is Cc1cc(-c2nc3ncccc3[nH]2)c(C)o1. The third-order valence-corrected chi connectivity index (χ3v) is 2.55. The van der Waals surface area contributed by atoms with Crippen LogP contribution in [0.2, 0.25) is 0 Å². The summed E-state index contributed by atoms with van der Waals surface area (Å²) in [6.07, 6.45) is 1.74. The van der Waals surface area contributed by atoms with Crippen molar-refractivity contribution in [1.29, 1.82) is 0 Å². The van der Waals surface area contributed by atoms with Crippen molar-refractivity contribution in [2.75, 3.05) is 0 Å². The number of pyridine rings is 1. The maximum atomic E-state index is 5.48. The molecule has 3 aromatic heterocycles. The predicted octanol–water partition coefficient (Wildman–Crippen LogP) is 2.83. The van der Waals surface area contributed by atoms with Gasteiger partial charge in [-0.3, -0.25) is 0 Å². The van der Waals surface area contributed by atoms with Crippen molar-refractivity contribution in [3.05, 3.63) is 35.9 Å². The van der Waals surface area contributed by atoms with Gasteiger partial charge in [-0.25, -0.2) is 9.97 Å². The fourth-order valence-corrected chi connectivity index (χ4v) is 1.84. The third kappa shape index (κ3) is 1.31. The maximum absolute atomic E-state index is 5.48. The molecule has 0 amide bonds. The highest BCUT2D eigenvalue weighted by Crippen LogP contribution is 2.25. The van der Waals surface area contributed by atoms with E-state index in [-0.39, 0.29) is 0 Å². The second-order valence-electron chi connectivity index (χ2n) is 3.79. The summed E-state index contributed by atoms with van der Waals surface area (Å²) in [7, 11) is 0. The van der Waals surface area contributed by atoms with Crippen LogP contribution in [-0.4, -0.2) is 15.0 Å². The molecule has 16 heavy (non-hydrogen) atoms. The van der Waals surface area contributed by atoms with Crippen LogP contribution in [0.15, 0.2) is 28.8 Å². The van der Waals surface area contributed by atoms with Crippen LogP contribution in [0.4, 0.5) is 0 Å².